The summed E-state index contributed by atoms with van der Waals surface area (Å²) < 4.78 is 0. The van der Waals surface area contributed by atoms with Crippen molar-refractivity contribution < 1.29 is 36.3 Å². The van der Waals surface area contributed by atoms with Crippen molar-refractivity contribution >= 4 is 30.8 Å². The molecule has 98 valence electrons. The average molecular weight is 446 g/mol. The Morgan fingerprint density at radius 3 is 1.07 bits per heavy atom. The Morgan fingerprint density at radius 2 is 1.07 bits per heavy atom. The summed E-state index contributed by atoms with van der Waals surface area (Å²) in [6, 6.07) is 0. The monoisotopic (exact) mass is 445 g/mol. The summed E-state index contributed by atoms with van der Waals surface area (Å²) in [4.78, 5) is 18.7. The van der Waals surface area contributed by atoms with E-state index in [1.165, 1.54) is 0 Å². The van der Waals surface area contributed by atoms with Crippen molar-refractivity contribution in [1.29, 1.82) is 0 Å². The molecule has 0 atom stereocenters. The van der Waals surface area contributed by atoms with E-state index < -0.39 is 28.4 Å². The third-order valence-corrected chi connectivity index (χ3v) is 0.605. The molecule has 0 aliphatic heterocycles. The molecule has 0 aliphatic carbocycles. The summed E-state index contributed by atoms with van der Waals surface area (Å²) in [5.41, 5.74) is 0. The molecule has 0 spiro atoms. The number of carboxylic acids is 2. The van der Waals surface area contributed by atoms with Gasteiger partial charge in [0.2, 0.25) is 0 Å². The van der Waals surface area contributed by atoms with Crippen molar-refractivity contribution in [1.82, 2.24) is 0 Å². The molecule has 6 nitrogen and oxygen atoms in total. The number of nitrogens with two attached hydrogens (primary N) is 2. The van der Waals surface area contributed by atoms with Gasteiger partial charge in [-0.15, -0.1) is 0 Å². The largest absolute Gasteiger partial charge is 0.693 e. The summed E-state index contributed by atoms with van der Waals surface area (Å²) in [6.45, 7) is 3.20. The third kappa shape index (κ3) is 122. The fourth-order valence-corrected chi connectivity index (χ4v) is 0. The molecule has 0 fully saturated rings. The van der Waals surface area contributed by atoms with Crippen LogP contribution in [0.2, 0.25) is 0 Å². The van der Waals surface area contributed by atoms with Gasteiger partial charge in [0.25, 0.3) is 0 Å². The predicted octanol–water partition coefficient (Wildman–Crippen LogP) is 3.77. The molecular formula is C6H16Cl2N2O4Pt. The average Bonchev–Trinajstić information content (AvgIpc) is 2.07. The van der Waals surface area contributed by atoms with E-state index in [2.05, 4.69) is 0 Å². The first-order valence-corrected chi connectivity index (χ1v) is 8.85. The maximum atomic E-state index is 9.37. The zero-order valence-electron chi connectivity index (χ0n) is 8.35. The fourth-order valence-electron chi connectivity index (χ4n) is 0. The molecule has 0 heterocycles. The first kappa shape index (κ1) is 29.4. The van der Waals surface area contributed by atoms with Crippen LogP contribution in [0.5, 0.6) is 0 Å². The van der Waals surface area contributed by atoms with E-state index in [0.717, 1.165) is 0 Å². The Hall–Kier alpha value is 0.128. The summed E-state index contributed by atoms with van der Waals surface area (Å²) in [6.07, 6.45) is 0.444. The second-order valence-electron chi connectivity index (χ2n) is 1.54. The molecule has 0 aromatic rings. The standard InChI is InChI=1S/2C3H6O2.2ClH.2H2N.Pt/c2*1-2-3(4)5;;;;;/h2*2H2,1H3,(H,4,5);2*1H;2*1H2;/q;;;;2*-1;+4/p-2. The van der Waals surface area contributed by atoms with Gasteiger partial charge in [-0.05, 0) is 0 Å². The molecule has 0 aliphatic rings. The second-order valence-corrected chi connectivity index (χ2v) is 4.82. The smallest absolute Gasteiger partial charge is 0.693 e. The molecule has 6 N–H and O–H groups in total. The Kier molecular flexibility index (Phi) is 57.3. The van der Waals surface area contributed by atoms with Gasteiger partial charge in [-0.1, -0.05) is 13.8 Å². The van der Waals surface area contributed by atoms with Crippen LogP contribution in [-0.2, 0) is 26.1 Å². The number of halogens is 2. The minimum absolute atomic E-state index is 0. The van der Waals surface area contributed by atoms with E-state index in [-0.39, 0.29) is 25.1 Å². The van der Waals surface area contributed by atoms with Crippen LogP contribution in [0.15, 0.2) is 0 Å². The number of hydrogen-bond donors (Lipinski definition) is 2. The van der Waals surface area contributed by atoms with Crippen LogP contribution in [-0.4, -0.2) is 22.2 Å². The van der Waals surface area contributed by atoms with Gasteiger partial charge in [-0.25, -0.2) is 0 Å². The van der Waals surface area contributed by atoms with Crippen molar-refractivity contribution in [2.75, 3.05) is 0 Å². The molecule has 0 radical (unpaired) electrons. The molecule has 0 saturated carbocycles. The molecule has 9 heteroatoms. The summed E-state index contributed by atoms with van der Waals surface area (Å²) in [5, 5.41) is 15.4. The van der Waals surface area contributed by atoms with Gasteiger partial charge in [-0.2, -0.15) is 0 Å². The molecule has 0 aromatic carbocycles. The molecule has 0 unspecified atom stereocenters. The number of aliphatic carboxylic acids is 2. The minimum Gasteiger partial charge on any atom is -0.693 e. The predicted molar refractivity (Wildman–Crippen MR) is 58.1 cm³/mol. The van der Waals surface area contributed by atoms with Gasteiger partial charge in [0.1, 0.15) is 0 Å². The van der Waals surface area contributed by atoms with Crippen LogP contribution in [0.3, 0.4) is 0 Å². The molecule has 15 heavy (non-hydrogen) atoms. The number of rotatable bonds is 2. The summed E-state index contributed by atoms with van der Waals surface area (Å²) >= 11 is -0.472. The van der Waals surface area contributed by atoms with Crippen LogP contribution in [0.1, 0.15) is 26.7 Å². The number of hydrogen-bond acceptors (Lipinski definition) is 2. The SMILES string of the molecule is CCC(=O)O.CCC(=O)O.[Cl][Pt+2][Cl].[NH2-].[NH2-]. The molecule has 0 saturated heterocycles. The molecule has 0 amide bonds. The maximum absolute atomic E-state index is 9.37. The Labute approximate surface area is 106 Å². The summed E-state index contributed by atoms with van der Waals surface area (Å²) in [5.74, 6) is -1.49. The second kappa shape index (κ2) is 29.2. The Morgan fingerprint density at radius 1 is 1.00 bits per heavy atom. The van der Waals surface area contributed by atoms with Crippen molar-refractivity contribution in [3.63, 3.8) is 0 Å². The van der Waals surface area contributed by atoms with Crippen molar-refractivity contribution in [3.8, 4) is 0 Å². The van der Waals surface area contributed by atoms with Gasteiger partial charge in [0.15, 0.2) is 0 Å². The summed E-state index contributed by atoms with van der Waals surface area (Å²) in [7, 11) is 9.75. The molecule has 0 aromatic heterocycles. The quantitative estimate of drug-likeness (QED) is 0.666. The first-order valence-electron chi connectivity index (χ1n) is 3.22. The molecule has 0 bridgehead atoms. The number of carbonyl (C=O) groups is 2. The van der Waals surface area contributed by atoms with Crippen molar-refractivity contribution in [3.05, 3.63) is 12.3 Å². The van der Waals surface area contributed by atoms with Crippen LogP contribution >= 0.6 is 18.8 Å². The molecular weight excluding hydrogens is 430 g/mol. The third-order valence-electron chi connectivity index (χ3n) is 0.605. The van der Waals surface area contributed by atoms with Crippen LogP contribution < -0.4 is 0 Å². The normalized spacial score (nSPS) is 6.40. The topological polar surface area (TPSA) is 142 Å². The van der Waals surface area contributed by atoms with Gasteiger partial charge in [0.05, 0.1) is 0 Å². The van der Waals surface area contributed by atoms with Crippen LogP contribution in [0.25, 0.3) is 12.3 Å². The zero-order valence-corrected chi connectivity index (χ0v) is 12.1. The van der Waals surface area contributed by atoms with Crippen LogP contribution in [0, 0.1) is 0 Å². The van der Waals surface area contributed by atoms with E-state index in [1.807, 2.05) is 0 Å². The maximum Gasteiger partial charge on any atom is -0.693 e. The van der Waals surface area contributed by atoms with Gasteiger partial charge < -0.3 is 22.5 Å². The fraction of sp³-hybridized carbons (Fsp3) is 0.667. The van der Waals surface area contributed by atoms with Gasteiger partial charge in [-0.3, -0.25) is 9.59 Å². The first-order chi connectivity index (χ1) is 5.95. The van der Waals surface area contributed by atoms with E-state index in [4.69, 9.17) is 29.0 Å². The number of carboxylic acid groups (broad SMARTS) is 2. The van der Waals surface area contributed by atoms with Crippen molar-refractivity contribution in [2.45, 2.75) is 26.7 Å². The Bertz CT molecular complexity index is 126. The van der Waals surface area contributed by atoms with Gasteiger partial charge >= 0.3 is 47.3 Å². The molecule has 0 rings (SSSR count). The zero-order chi connectivity index (χ0) is 11.3. The van der Waals surface area contributed by atoms with Crippen LogP contribution in [0.4, 0.5) is 0 Å². The van der Waals surface area contributed by atoms with E-state index in [0.29, 0.717) is 0 Å². The Balaban J connectivity index is -0.0000000322. The van der Waals surface area contributed by atoms with E-state index >= 15 is 0 Å². The van der Waals surface area contributed by atoms with Gasteiger partial charge in [0, 0.05) is 12.8 Å². The minimum atomic E-state index is -0.745. The van der Waals surface area contributed by atoms with Crippen molar-refractivity contribution in [2.24, 2.45) is 0 Å². The van der Waals surface area contributed by atoms with E-state index in [1.54, 1.807) is 13.8 Å². The van der Waals surface area contributed by atoms with E-state index in [9.17, 15) is 9.59 Å².